The third kappa shape index (κ3) is 4.54. The molecule has 1 aromatic carbocycles. The number of anilines is 1. The number of benzene rings is 1. The Kier molecular flexibility index (Phi) is 5.78. The number of hydrogen-bond donors (Lipinski definition) is 2. The number of furan rings is 1. The fourth-order valence-electron chi connectivity index (χ4n) is 3.42. The van der Waals surface area contributed by atoms with Crippen LogP contribution in [0.4, 0.5) is 23.7 Å². The summed E-state index contributed by atoms with van der Waals surface area (Å²) in [5, 5.41) is 5.80. The molecule has 3 heterocycles. The number of amides is 2. The second-order valence-corrected chi connectivity index (χ2v) is 7.02. The number of aryl methyl sites for hydroxylation is 1. The average Bonchev–Trinajstić information content (AvgIpc) is 3.11. The predicted molar refractivity (Wildman–Crippen MR) is 109 cm³/mol. The van der Waals surface area contributed by atoms with E-state index in [0.717, 1.165) is 6.07 Å². The van der Waals surface area contributed by atoms with Crippen molar-refractivity contribution >= 4 is 22.9 Å². The monoisotopic (exact) mass is 451 g/mol. The largest absolute Gasteiger partial charge is 0.573 e. The van der Waals surface area contributed by atoms with Crippen molar-refractivity contribution in [2.45, 2.75) is 13.3 Å². The van der Waals surface area contributed by atoms with Gasteiger partial charge in [-0.15, -0.1) is 13.2 Å². The first-order valence-corrected chi connectivity index (χ1v) is 9.73. The summed E-state index contributed by atoms with van der Waals surface area (Å²) >= 11 is 0. The number of piperazine rings is 1. The van der Waals surface area contributed by atoms with Crippen molar-refractivity contribution in [3.8, 4) is 22.9 Å². The minimum Gasteiger partial charge on any atom is -0.479 e. The highest BCUT2D eigenvalue weighted by atomic mass is 19.4. The molecule has 0 aliphatic carbocycles. The second-order valence-electron chi connectivity index (χ2n) is 7.02. The normalized spacial score (nSPS) is 14.5. The van der Waals surface area contributed by atoms with Gasteiger partial charge in [0.25, 0.3) is 0 Å². The molecule has 0 unspecified atom stereocenters. The summed E-state index contributed by atoms with van der Waals surface area (Å²) in [5.41, 5.74) is 0.417. The average molecular weight is 451 g/mol. The molecule has 4 rings (SSSR count). The highest BCUT2D eigenvalue weighted by Crippen LogP contribution is 2.42. The molecule has 1 saturated heterocycles. The molecule has 2 N–H and O–H groups in total. The Bertz CT molecular complexity index is 1140. The van der Waals surface area contributed by atoms with E-state index in [2.05, 4.69) is 25.3 Å². The van der Waals surface area contributed by atoms with Gasteiger partial charge in [-0.2, -0.15) is 4.98 Å². The van der Waals surface area contributed by atoms with Gasteiger partial charge in [0.2, 0.25) is 11.6 Å². The van der Waals surface area contributed by atoms with Crippen LogP contribution in [-0.4, -0.2) is 60.6 Å². The van der Waals surface area contributed by atoms with Gasteiger partial charge in [-0.25, -0.2) is 9.78 Å². The van der Waals surface area contributed by atoms with Crippen LogP contribution in [-0.2, 0) is 0 Å². The lowest BCUT2D eigenvalue weighted by Gasteiger charge is -2.28. The Morgan fingerprint density at radius 2 is 2.00 bits per heavy atom. The number of ether oxygens (including phenoxy) is 2. The minimum atomic E-state index is -4.97. The summed E-state index contributed by atoms with van der Waals surface area (Å²) in [5.74, 6) is -0.114. The van der Waals surface area contributed by atoms with E-state index >= 15 is 0 Å². The lowest BCUT2D eigenvalue weighted by molar-refractivity contribution is -0.274. The zero-order chi connectivity index (χ0) is 22.9. The number of fused-ring (bicyclic) bond motifs is 1. The maximum Gasteiger partial charge on any atom is 0.573 e. The molecule has 1 fully saturated rings. The fourth-order valence-corrected chi connectivity index (χ4v) is 3.42. The molecule has 3 aromatic rings. The molecule has 2 aromatic heterocycles. The van der Waals surface area contributed by atoms with E-state index in [1.807, 2.05) is 0 Å². The zero-order valence-electron chi connectivity index (χ0n) is 17.2. The topological polar surface area (TPSA) is 102 Å². The van der Waals surface area contributed by atoms with E-state index in [1.165, 1.54) is 19.2 Å². The lowest BCUT2D eigenvalue weighted by Crippen LogP contribution is -2.48. The molecule has 9 nitrogen and oxygen atoms in total. The highest BCUT2D eigenvalue weighted by Gasteiger charge is 2.34. The van der Waals surface area contributed by atoms with Crippen LogP contribution in [0.25, 0.3) is 22.5 Å². The van der Waals surface area contributed by atoms with Gasteiger partial charge in [-0.1, -0.05) is 6.07 Å². The van der Waals surface area contributed by atoms with Crippen molar-refractivity contribution in [2.24, 2.45) is 0 Å². The van der Waals surface area contributed by atoms with Crippen LogP contribution < -0.4 is 20.1 Å². The van der Waals surface area contributed by atoms with E-state index in [9.17, 15) is 18.0 Å². The number of urea groups is 1. The summed E-state index contributed by atoms with van der Waals surface area (Å²) in [6, 6.07) is 5.08. The zero-order valence-corrected chi connectivity index (χ0v) is 17.2. The van der Waals surface area contributed by atoms with Crippen LogP contribution in [0, 0.1) is 6.92 Å². The Balaban J connectivity index is 1.84. The third-order valence-electron chi connectivity index (χ3n) is 4.78. The number of halogens is 3. The van der Waals surface area contributed by atoms with Crippen molar-refractivity contribution in [3.63, 3.8) is 0 Å². The SMILES string of the molecule is COc1nc2oc(C)cc2nc1-c1c(NC(=O)N2CCNCC2)cccc1OC(F)(F)F. The molecule has 32 heavy (non-hydrogen) atoms. The highest BCUT2D eigenvalue weighted by molar-refractivity contribution is 5.97. The number of hydrogen-bond acceptors (Lipinski definition) is 7. The Hall–Kier alpha value is -3.54. The summed E-state index contributed by atoms with van der Waals surface area (Å²) < 4.78 is 54.4. The maximum absolute atomic E-state index is 13.2. The van der Waals surface area contributed by atoms with Gasteiger partial charge >= 0.3 is 12.4 Å². The molecule has 1 aliphatic heterocycles. The van der Waals surface area contributed by atoms with Crippen LogP contribution >= 0.6 is 0 Å². The summed E-state index contributed by atoms with van der Waals surface area (Å²) in [7, 11) is 1.31. The Labute approximate surface area is 180 Å². The maximum atomic E-state index is 13.2. The molecular weight excluding hydrogens is 431 g/mol. The summed E-state index contributed by atoms with van der Waals surface area (Å²) in [4.78, 5) is 22.9. The van der Waals surface area contributed by atoms with Crippen molar-refractivity contribution in [1.29, 1.82) is 0 Å². The molecule has 0 atom stereocenters. The summed E-state index contributed by atoms with van der Waals surface area (Å²) in [6.07, 6.45) is -4.97. The van der Waals surface area contributed by atoms with E-state index in [0.29, 0.717) is 37.5 Å². The van der Waals surface area contributed by atoms with Crippen LogP contribution in [0.2, 0.25) is 0 Å². The first-order chi connectivity index (χ1) is 15.2. The molecule has 170 valence electrons. The van der Waals surface area contributed by atoms with Crippen molar-refractivity contribution in [3.05, 3.63) is 30.0 Å². The van der Waals surface area contributed by atoms with E-state index in [1.54, 1.807) is 17.9 Å². The number of carbonyl (C=O) groups is 1. The molecule has 0 spiro atoms. The quantitative estimate of drug-likeness (QED) is 0.626. The van der Waals surface area contributed by atoms with Gasteiger partial charge in [-0.3, -0.25) is 0 Å². The number of carbonyl (C=O) groups excluding carboxylic acids is 1. The smallest absolute Gasteiger partial charge is 0.479 e. The van der Waals surface area contributed by atoms with Gasteiger partial charge in [0, 0.05) is 32.2 Å². The molecule has 1 aliphatic rings. The van der Waals surface area contributed by atoms with E-state index in [-0.39, 0.29) is 28.5 Å². The number of rotatable bonds is 4. The Morgan fingerprint density at radius 1 is 1.25 bits per heavy atom. The molecule has 0 bridgehead atoms. The molecular formula is C20H20F3N5O4. The van der Waals surface area contributed by atoms with Crippen LogP contribution in [0.3, 0.4) is 0 Å². The molecule has 2 amide bonds. The van der Waals surface area contributed by atoms with Crippen molar-refractivity contribution in [2.75, 3.05) is 38.6 Å². The van der Waals surface area contributed by atoms with Gasteiger partial charge in [0.05, 0.1) is 18.4 Å². The van der Waals surface area contributed by atoms with Gasteiger partial charge in [-0.05, 0) is 19.1 Å². The standard InChI is InChI=1S/C20H20F3N5O4/c1-11-10-13-17(31-11)27-18(30-2)16(25-13)15-12(4-3-5-14(15)32-20(21,22)23)26-19(29)28-8-6-24-7-9-28/h3-5,10,24H,6-9H2,1-2H3,(H,26,29). The number of nitrogens with one attached hydrogen (secondary N) is 2. The lowest BCUT2D eigenvalue weighted by atomic mass is 10.1. The first kappa shape index (κ1) is 21.7. The van der Waals surface area contributed by atoms with Gasteiger partial charge in [0.1, 0.15) is 22.7 Å². The van der Waals surface area contributed by atoms with E-state index in [4.69, 9.17) is 9.15 Å². The summed E-state index contributed by atoms with van der Waals surface area (Å²) in [6.45, 7) is 3.85. The predicted octanol–water partition coefficient (Wildman–Crippen LogP) is 3.54. The van der Waals surface area contributed by atoms with Crippen molar-refractivity contribution in [1.82, 2.24) is 20.2 Å². The number of nitrogens with zero attached hydrogens (tertiary/aromatic N) is 3. The van der Waals surface area contributed by atoms with Gasteiger partial charge in [0.15, 0.2) is 0 Å². The second kappa shape index (κ2) is 8.54. The first-order valence-electron chi connectivity index (χ1n) is 9.73. The third-order valence-corrected chi connectivity index (χ3v) is 4.78. The fraction of sp³-hybridized carbons (Fsp3) is 0.350. The molecule has 0 radical (unpaired) electrons. The molecule has 0 saturated carbocycles. The minimum absolute atomic E-state index is 0.0312. The van der Waals surface area contributed by atoms with Crippen molar-refractivity contribution < 1.29 is 31.9 Å². The molecule has 12 heteroatoms. The van der Waals surface area contributed by atoms with Crippen LogP contribution in [0.15, 0.2) is 28.7 Å². The van der Waals surface area contributed by atoms with Gasteiger partial charge < -0.3 is 29.4 Å². The number of aromatic nitrogens is 2. The Morgan fingerprint density at radius 3 is 2.69 bits per heavy atom. The van der Waals surface area contributed by atoms with Crippen LogP contribution in [0.1, 0.15) is 5.76 Å². The van der Waals surface area contributed by atoms with E-state index < -0.39 is 18.1 Å². The number of methoxy groups -OCH3 is 1. The number of alkyl halides is 3. The van der Waals surface area contributed by atoms with Crippen LogP contribution in [0.5, 0.6) is 11.6 Å².